The van der Waals surface area contributed by atoms with E-state index < -0.39 is 34.6 Å². The van der Waals surface area contributed by atoms with Gasteiger partial charge in [-0.2, -0.15) is 13.2 Å². The summed E-state index contributed by atoms with van der Waals surface area (Å²) in [5.74, 6) is -1.30. The third kappa shape index (κ3) is 4.87. The number of nitrogens with one attached hydrogen (secondary N) is 1. The number of alkyl halides is 3. The molecule has 3 rings (SSSR count). The lowest BCUT2D eigenvalue weighted by molar-refractivity contribution is -0.137. The summed E-state index contributed by atoms with van der Waals surface area (Å²) < 4.78 is 53.2. The van der Waals surface area contributed by atoms with E-state index in [1.165, 1.54) is 53.4 Å². The third-order valence-corrected chi connectivity index (χ3v) is 4.13. The quantitative estimate of drug-likeness (QED) is 0.661. The lowest BCUT2D eigenvalue weighted by Crippen LogP contribution is -2.32. The van der Waals surface area contributed by atoms with Crippen LogP contribution in [0.1, 0.15) is 15.9 Å². The van der Waals surface area contributed by atoms with Crippen LogP contribution < -0.4 is 10.9 Å². The van der Waals surface area contributed by atoms with Crippen molar-refractivity contribution in [3.8, 4) is 11.3 Å². The van der Waals surface area contributed by atoms with Crippen molar-refractivity contribution in [3.05, 3.63) is 88.2 Å². The Morgan fingerprint density at radius 2 is 1.76 bits per heavy atom. The maximum Gasteiger partial charge on any atom is 0.417 e. The van der Waals surface area contributed by atoms with E-state index in [1.54, 1.807) is 0 Å². The Morgan fingerprint density at radius 3 is 2.41 bits per heavy atom. The van der Waals surface area contributed by atoms with Crippen LogP contribution >= 0.6 is 0 Å². The molecule has 0 spiro atoms. The predicted octanol–water partition coefficient (Wildman–Crippen LogP) is 3.50. The van der Waals surface area contributed by atoms with E-state index in [-0.39, 0.29) is 13.1 Å². The highest BCUT2D eigenvalue weighted by Crippen LogP contribution is 2.31. The van der Waals surface area contributed by atoms with E-state index in [9.17, 15) is 27.2 Å². The van der Waals surface area contributed by atoms with Crippen molar-refractivity contribution in [2.45, 2.75) is 12.7 Å². The Labute approximate surface area is 162 Å². The number of carbonyl (C=O) groups excluding carboxylic acids is 1. The highest BCUT2D eigenvalue weighted by atomic mass is 19.4. The van der Waals surface area contributed by atoms with Gasteiger partial charge >= 0.3 is 6.18 Å². The number of hydrogen-bond acceptors (Lipinski definition) is 3. The Morgan fingerprint density at radius 1 is 1.07 bits per heavy atom. The zero-order valence-electron chi connectivity index (χ0n) is 14.9. The molecular weight excluding hydrogens is 390 g/mol. The van der Waals surface area contributed by atoms with Crippen LogP contribution in [0, 0.1) is 5.82 Å². The van der Waals surface area contributed by atoms with Crippen LogP contribution in [0.5, 0.6) is 0 Å². The molecule has 0 aliphatic rings. The van der Waals surface area contributed by atoms with Crippen LogP contribution in [-0.4, -0.2) is 22.0 Å². The molecule has 0 saturated carbocycles. The van der Waals surface area contributed by atoms with E-state index in [2.05, 4.69) is 10.3 Å². The van der Waals surface area contributed by atoms with Gasteiger partial charge in [-0.25, -0.2) is 9.37 Å². The molecule has 0 aliphatic heterocycles. The molecule has 150 valence electrons. The van der Waals surface area contributed by atoms with Gasteiger partial charge in [0.05, 0.1) is 23.1 Å². The van der Waals surface area contributed by atoms with E-state index >= 15 is 0 Å². The summed E-state index contributed by atoms with van der Waals surface area (Å²) in [6.07, 6.45) is -3.39. The second kappa shape index (κ2) is 8.26. The molecule has 1 N–H and O–H groups in total. The first-order valence-electron chi connectivity index (χ1n) is 8.52. The van der Waals surface area contributed by atoms with Gasteiger partial charge in [0.25, 0.3) is 11.5 Å². The van der Waals surface area contributed by atoms with Crippen LogP contribution in [0.15, 0.2) is 65.7 Å². The third-order valence-electron chi connectivity index (χ3n) is 4.13. The zero-order valence-corrected chi connectivity index (χ0v) is 14.9. The average molecular weight is 405 g/mol. The number of rotatable bonds is 5. The van der Waals surface area contributed by atoms with Crippen LogP contribution in [0.25, 0.3) is 11.3 Å². The van der Waals surface area contributed by atoms with Gasteiger partial charge < -0.3 is 5.32 Å². The number of aromatic nitrogens is 2. The molecule has 0 unspecified atom stereocenters. The second-order valence-electron chi connectivity index (χ2n) is 6.11. The molecule has 0 fully saturated rings. The number of hydrogen-bond donors (Lipinski definition) is 1. The molecular formula is C20H15F4N3O2. The Kier molecular flexibility index (Phi) is 5.76. The number of nitrogens with zero attached hydrogens (tertiary/aromatic N) is 2. The van der Waals surface area contributed by atoms with Gasteiger partial charge in [-0.1, -0.05) is 12.1 Å². The molecule has 0 atom stereocenters. The van der Waals surface area contributed by atoms with Crippen LogP contribution in [0.3, 0.4) is 0 Å². The van der Waals surface area contributed by atoms with Gasteiger partial charge in [0.15, 0.2) is 0 Å². The summed E-state index contributed by atoms with van der Waals surface area (Å²) in [5, 5.41) is 2.37. The lowest BCUT2D eigenvalue weighted by atomic mass is 10.1. The average Bonchev–Trinajstić information content (AvgIpc) is 2.69. The standard InChI is InChI=1S/C20H15F4N3O2/c21-14-7-5-13(6-8-14)17-11-18(28)27(12-26-17)10-9-25-19(29)15-3-1-2-4-16(15)20(22,23)24/h1-8,11-12H,9-10H2,(H,25,29). The van der Waals surface area contributed by atoms with Gasteiger partial charge in [0.2, 0.25) is 0 Å². The molecule has 5 nitrogen and oxygen atoms in total. The van der Waals surface area contributed by atoms with Crippen molar-refractivity contribution in [3.63, 3.8) is 0 Å². The summed E-state index contributed by atoms with van der Waals surface area (Å²) >= 11 is 0. The first-order chi connectivity index (χ1) is 13.8. The molecule has 0 aliphatic carbocycles. The van der Waals surface area contributed by atoms with Crippen LogP contribution in [0.2, 0.25) is 0 Å². The molecule has 0 saturated heterocycles. The maximum absolute atomic E-state index is 13.0. The minimum Gasteiger partial charge on any atom is -0.350 e. The highest BCUT2D eigenvalue weighted by molar-refractivity contribution is 5.95. The largest absolute Gasteiger partial charge is 0.417 e. The van der Waals surface area contributed by atoms with Crippen LogP contribution in [0.4, 0.5) is 17.6 Å². The van der Waals surface area contributed by atoms with Gasteiger partial charge in [-0.3, -0.25) is 14.2 Å². The summed E-state index contributed by atoms with van der Waals surface area (Å²) in [4.78, 5) is 28.4. The second-order valence-corrected chi connectivity index (χ2v) is 6.11. The predicted molar refractivity (Wildman–Crippen MR) is 97.7 cm³/mol. The summed E-state index contributed by atoms with van der Waals surface area (Å²) in [5.41, 5.74) is -1.01. The Balaban J connectivity index is 1.66. The van der Waals surface area contributed by atoms with Crippen molar-refractivity contribution >= 4 is 5.91 Å². The number of amides is 1. The maximum atomic E-state index is 13.0. The van der Waals surface area contributed by atoms with Crippen LogP contribution in [-0.2, 0) is 12.7 Å². The minimum atomic E-state index is -4.65. The SMILES string of the molecule is O=C(NCCn1cnc(-c2ccc(F)cc2)cc1=O)c1ccccc1C(F)(F)F. The normalized spacial score (nSPS) is 11.3. The summed E-state index contributed by atoms with van der Waals surface area (Å²) in [6, 6.07) is 11.2. The first-order valence-corrected chi connectivity index (χ1v) is 8.52. The van der Waals surface area contributed by atoms with Crippen molar-refractivity contribution in [1.29, 1.82) is 0 Å². The number of carbonyl (C=O) groups is 1. The monoisotopic (exact) mass is 405 g/mol. The molecule has 0 bridgehead atoms. The molecule has 3 aromatic rings. The number of benzene rings is 2. The summed E-state index contributed by atoms with van der Waals surface area (Å²) in [7, 11) is 0. The highest BCUT2D eigenvalue weighted by Gasteiger charge is 2.34. The number of halogens is 4. The van der Waals surface area contributed by atoms with Crippen molar-refractivity contribution in [2.75, 3.05) is 6.54 Å². The Bertz CT molecular complexity index is 1080. The molecule has 1 aromatic heterocycles. The van der Waals surface area contributed by atoms with E-state index in [0.29, 0.717) is 11.3 Å². The van der Waals surface area contributed by atoms with Gasteiger partial charge in [-0.05, 0) is 36.4 Å². The molecule has 29 heavy (non-hydrogen) atoms. The van der Waals surface area contributed by atoms with Crippen molar-refractivity contribution in [1.82, 2.24) is 14.9 Å². The molecule has 0 radical (unpaired) electrons. The van der Waals surface area contributed by atoms with E-state index in [0.717, 1.165) is 12.1 Å². The van der Waals surface area contributed by atoms with E-state index in [4.69, 9.17) is 0 Å². The molecule has 1 heterocycles. The summed E-state index contributed by atoms with van der Waals surface area (Å²) in [6.45, 7) is -0.0437. The fourth-order valence-corrected chi connectivity index (χ4v) is 2.69. The fourth-order valence-electron chi connectivity index (χ4n) is 2.69. The topological polar surface area (TPSA) is 64.0 Å². The molecule has 2 aromatic carbocycles. The van der Waals surface area contributed by atoms with Gasteiger partial charge in [-0.15, -0.1) is 0 Å². The zero-order chi connectivity index (χ0) is 21.0. The minimum absolute atomic E-state index is 0.0233. The fraction of sp³-hybridized carbons (Fsp3) is 0.150. The Hall–Kier alpha value is -3.49. The van der Waals surface area contributed by atoms with E-state index in [1.807, 2.05) is 0 Å². The lowest BCUT2D eigenvalue weighted by Gasteiger charge is -2.13. The smallest absolute Gasteiger partial charge is 0.350 e. The molecule has 1 amide bonds. The van der Waals surface area contributed by atoms with Gasteiger partial charge in [0.1, 0.15) is 5.82 Å². The van der Waals surface area contributed by atoms with Crippen molar-refractivity contribution < 1.29 is 22.4 Å². The first kappa shape index (κ1) is 20.2. The van der Waals surface area contributed by atoms with Gasteiger partial charge in [0, 0.05) is 24.7 Å². The molecule has 9 heteroatoms. The van der Waals surface area contributed by atoms with Crippen molar-refractivity contribution in [2.24, 2.45) is 0 Å².